The summed E-state index contributed by atoms with van der Waals surface area (Å²) in [5.74, 6) is -0.693. The van der Waals surface area contributed by atoms with Gasteiger partial charge in [0.15, 0.2) is 0 Å². The van der Waals surface area contributed by atoms with E-state index in [9.17, 15) is 9.18 Å². The first kappa shape index (κ1) is 15.4. The molecule has 1 unspecified atom stereocenters. The topological polar surface area (TPSA) is 29.1 Å². The third kappa shape index (κ3) is 4.25. The van der Waals surface area contributed by atoms with E-state index in [1.807, 2.05) is 13.8 Å². The van der Waals surface area contributed by atoms with Gasteiger partial charge in [-0.15, -0.1) is 0 Å². The molecule has 0 bridgehead atoms. The average molecular weight is 337 g/mol. The van der Waals surface area contributed by atoms with Gasteiger partial charge < -0.3 is 5.32 Å². The van der Waals surface area contributed by atoms with Crippen molar-refractivity contribution < 1.29 is 9.18 Å². The molecule has 1 amide bonds. The van der Waals surface area contributed by atoms with Crippen LogP contribution in [0.1, 0.15) is 30.6 Å². The van der Waals surface area contributed by atoms with Crippen molar-refractivity contribution in [1.82, 2.24) is 5.32 Å². The second-order valence-corrected chi connectivity index (χ2v) is 5.66. The van der Waals surface area contributed by atoms with Gasteiger partial charge in [0.05, 0.1) is 5.56 Å². The fourth-order valence-electron chi connectivity index (χ4n) is 1.61. The summed E-state index contributed by atoms with van der Waals surface area (Å²) in [6.45, 7) is 4.03. The zero-order chi connectivity index (χ0) is 13.7. The molecule has 1 aromatic carbocycles. The minimum Gasteiger partial charge on any atom is -0.349 e. The molecule has 0 aromatic heterocycles. The summed E-state index contributed by atoms with van der Waals surface area (Å²) < 4.78 is 13.5. The van der Waals surface area contributed by atoms with Crippen molar-refractivity contribution in [2.45, 2.75) is 26.3 Å². The van der Waals surface area contributed by atoms with Crippen LogP contribution in [0.15, 0.2) is 18.2 Å². The van der Waals surface area contributed by atoms with Crippen molar-refractivity contribution >= 4 is 33.4 Å². The molecule has 0 heterocycles. The monoisotopic (exact) mass is 335 g/mol. The smallest absolute Gasteiger partial charge is 0.254 e. The highest BCUT2D eigenvalue weighted by Gasteiger charge is 2.19. The fourth-order valence-corrected chi connectivity index (χ4v) is 2.27. The van der Waals surface area contributed by atoms with Gasteiger partial charge in [-0.25, -0.2) is 4.39 Å². The summed E-state index contributed by atoms with van der Waals surface area (Å²) in [6.07, 6.45) is 0.797. The Bertz CT molecular complexity index is 425. The predicted molar refractivity (Wildman–Crippen MR) is 75.9 cm³/mol. The van der Waals surface area contributed by atoms with Crippen LogP contribution in [0.4, 0.5) is 4.39 Å². The molecule has 0 aliphatic heterocycles. The molecule has 1 N–H and O–H groups in total. The molecule has 1 aromatic rings. The second kappa shape index (κ2) is 7.10. The molecule has 18 heavy (non-hydrogen) atoms. The van der Waals surface area contributed by atoms with Crippen LogP contribution in [0.2, 0.25) is 5.02 Å². The molecule has 0 spiro atoms. The van der Waals surface area contributed by atoms with Crippen LogP contribution in [-0.2, 0) is 0 Å². The van der Waals surface area contributed by atoms with Gasteiger partial charge in [-0.3, -0.25) is 4.79 Å². The van der Waals surface area contributed by atoms with Crippen LogP contribution in [0.5, 0.6) is 0 Å². The van der Waals surface area contributed by atoms with Gasteiger partial charge in [-0.2, -0.15) is 0 Å². The highest BCUT2D eigenvalue weighted by molar-refractivity contribution is 9.09. The SMILES string of the molecule is CC(C)C(CCBr)NC(=O)c1cc(Cl)ccc1F. The quantitative estimate of drug-likeness (QED) is 0.809. The zero-order valence-corrected chi connectivity index (χ0v) is 12.7. The predicted octanol–water partition coefficient (Wildman–Crippen LogP) is 4.02. The van der Waals surface area contributed by atoms with Crippen LogP contribution in [0.3, 0.4) is 0 Å². The molecular weight excluding hydrogens is 321 g/mol. The molecule has 1 rings (SSSR count). The molecule has 1 atom stereocenters. The number of rotatable bonds is 5. The Kier molecular flexibility index (Phi) is 6.09. The maximum atomic E-state index is 13.5. The molecular formula is C13H16BrClFNO. The van der Waals surface area contributed by atoms with Crippen LogP contribution in [0, 0.1) is 11.7 Å². The van der Waals surface area contributed by atoms with E-state index >= 15 is 0 Å². The third-order valence-corrected chi connectivity index (χ3v) is 3.41. The molecule has 0 fully saturated rings. The van der Waals surface area contributed by atoms with Gasteiger partial charge in [0.1, 0.15) is 5.82 Å². The van der Waals surface area contributed by atoms with E-state index in [1.54, 1.807) is 0 Å². The number of benzene rings is 1. The lowest BCUT2D eigenvalue weighted by atomic mass is 10.0. The fraction of sp³-hybridized carbons (Fsp3) is 0.462. The molecule has 0 saturated carbocycles. The number of carbonyl (C=O) groups excluding carboxylic acids is 1. The molecule has 0 aliphatic carbocycles. The Morgan fingerprint density at radius 3 is 2.72 bits per heavy atom. The highest BCUT2D eigenvalue weighted by atomic mass is 79.9. The van der Waals surface area contributed by atoms with Crippen molar-refractivity contribution in [3.8, 4) is 0 Å². The van der Waals surface area contributed by atoms with Crippen LogP contribution in [-0.4, -0.2) is 17.3 Å². The minimum atomic E-state index is -0.557. The van der Waals surface area contributed by atoms with Crippen LogP contribution in [0.25, 0.3) is 0 Å². The van der Waals surface area contributed by atoms with Crippen molar-refractivity contribution in [1.29, 1.82) is 0 Å². The van der Waals surface area contributed by atoms with Gasteiger partial charge in [-0.1, -0.05) is 41.4 Å². The Morgan fingerprint density at radius 2 is 2.17 bits per heavy atom. The molecule has 100 valence electrons. The Labute approximate surface area is 120 Å². The minimum absolute atomic E-state index is 0.00950. The highest BCUT2D eigenvalue weighted by Crippen LogP contribution is 2.16. The van der Waals surface area contributed by atoms with Gasteiger partial charge in [0, 0.05) is 16.4 Å². The van der Waals surface area contributed by atoms with E-state index in [2.05, 4.69) is 21.2 Å². The number of amides is 1. The second-order valence-electron chi connectivity index (χ2n) is 4.43. The molecule has 0 aliphatic rings. The molecule has 0 saturated heterocycles. The van der Waals surface area contributed by atoms with Gasteiger partial charge in [-0.05, 0) is 30.5 Å². The number of nitrogens with one attached hydrogen (secondary N) is 1. The van der Waals surface area contributed by atoms with Gasteiger partial charge >= 0.3 is 0 Å². The summed E-state index contributed by atoms with van der Waals surface area (Å²) in [5, 5.41) is 3.97. The number of alkyl halides is 1. The summed E-state index contributed by atoms with van der Waals surface area (Å²) in [5.41, 5.74) is -0.0114. The molecule has 2 nitrogen and oxygen atoms in total. The number of hydrogen-bond acceptors (Lipinski definition) is 1. The van der Waals surface area contributed by atoms with E-state index in [0.29, 0.717) is 5.02 Å². The number of halogens is 3. The maximum Gasteiger partial charge on any atom is 0.254 e. The van der Waals surface area contributed by atoms with Crippen molar-refractivity contribution in [2.75, 3.05) is 5.33 Å². The maximum absolute atomic E-state index is 13.5. The largest absolute Gasteiger partial charge is 0.349 e. The van der Waals surface area contributed by atoms with Gasteiger partial charge in [0.25, 0.3) is 5.91 Å². The Balaban J connectivity index is 2.83. The number of hydrogen-bond donors (Lipinski definition) is 1. The number of carbonyl (C=O) groups is 1. The molecule has 5 heteroatoms. The summed E-state index contributed by atoms with van der Waals surface area (Å²) in [7, 11) is 0. The van der Waals surface area contributed by atoms with E-state index in [4.69, 9.17) is 11.6 Å². The lowest BCUT2D eigenvalue weighted by molar-refractivity contribution is 0.0921. The van der Waals surface area contributed by atoms with E-state index in [1.165, 1.54) is 18.2 Å². The average Bonchev–Trinajstić information content (AvgIpc) is 2.31. The Morgan fingerprint density at radius 1 is 1.50 bits per heavy atom. The van der Waals surface area contributed by atoms with Crippen molar-refractivity contribution in [3.05, 3.63) is 34.6 Å². The third-order valence-electron chi connectivity index (χ3n) is 2.71. The summed E-state index contributed by atoms with van der Waals surface area (Å²) >= 11 is 9.11. The van der Waals surface area contributed by atoms with Crippen LogP contribution < -0.4 is 5.32 Å². The molecule has 0 radical (unpaired) electrons. The first-order valence-electron chi connectivity index (χ1n) is 5.77. The standard InChI is InChI=1S/C13H16BrClFNO/c1-8(2)12(5-6-14)17-13(18)10-7-9(15)3-4-11(10)16/h3-4,7-8,12H,5-6H2,1-2H3,(H,17,18). The summed E-state index contributed by atoms with van der Waals surface area (Å²) in [4.78, 5) is 12.0. The van der Waals surface area contributed by atoms with Gasteiger partial charge in [0.2, 0.25) is 0 Å². The normalized spacial score (nSPS) is 12.6. The lowest BCUT2D eigenvalue weighted by Crippen LogP contribution is -2.39. The van der Waals surface area contributed by atoms with E-state index in [-0.39, 0.29) is 17.5 Å². The first-order valence-corrected chi connectivity index (χ1v) is 7.27. The van der Waals surface area contributed by atoms with E-state index in [0.717, 1.165) is 11.8 Å². The zero-order valence-electron chi connectivity index (χ0n) is 10.3. The van der Waals surface area contributed by atoms with Crippen LogP contribution >= 0.6 is 27.5 Å². The first-order chi connectivity index (χ1) is 8.45. The lowest BCUT2D eigenvalue weighted by Gasteiger charge is -2.21. The summed E-state index contributed by atoms with van der Waals surface area (Å²) in [6, 6.07) is 3.98. The van der Waals surface area contributed by atoms with Crippen molar-refractivity contribution in [3.63, 3.8) is 0 Å². The Hall–Kier alpha value is -0.610. The van der Waals surface area contributed by atoms with Crippen molar-refractivity contribution in [2.24, 2.45) is 5.92 Å². The van der Waals surface area contributed by atoms with E-state index < -0.39 is 11.7 Å².